The zero-order chi connectivity index (χ0) is 11.8. The molecular formula is C13H9BrN2S. The molecule has 2 nitrogen and oxygen atoms in total. The van der Waals surface area contributed by atoms with Gasteiger partial charge in [-0.15, -0.1) is 11.3 Å². The summed E-state index contributed by atoms with van der Waals surface area (Å²) in [6, 6.07) is 8.26. The van der Waals surface area contributed by atoms with E-state index < -0.39 is 0 Å². The van der Waals surface area contributed by atoms with Gasteiger partial charge < -0.3 is 0 Å². The molecular weight excluding hydrogens is 296 g/mol. The van der Waals surface area contributed by atoms with Crippen molar-refractivity contribution in [2.45, 2.75) is 6.92 Å². The number of benzene rings is 1. The number of thiazole rings is 1. The van der Waals surface area contributed by atoms with Crippen molar-refractivity contribution in [1.29, 1.82) is 0 Å². The quantitative estimate of drug-likeness (QED) is 0.664. The van der Waals surface area contributed by atoms with Gasteiger partial charge in [0.15, 0.2) is 0 Å². The molecule has 0 amide bonds. The summed E-state index contributed by atoms with van der Waals surface area (Å²) in [5.74, 6) is 0. The second kappa shape index (κ2) is 4.20. The first kappa shape index (κ1) is 10.9. The van der Waals surface area contributed by atoms with E-state index >= 15 is 0 Å². The lowest BCUT2D eigenvalue weighted by molar-refractivity contribution is 1.29. The standard InChI is InChI=1S/C13H9BrN2S/c1-8-15-7-13(17-8)12-5-9-3-2-4-11(14)10(9)6-16-12/h2-7H,1H3. The normalized spacial score (nSPS) is 10.9. The van der Waals surface area contributed by atoms with Crippen LogP contribution in [0.25, 0.3) is 21.3 Å². The van der Waals surface area contributed by atoms with Gasteiger partial charge in [-0.2, -0.15) is 0 Å². The van der Waals surface area contributed by atoms with Crippen molar-refractivity contribution in [3.05, 3.63) is 46.1 Å². The lowest BCUT2D eigenvalue weighted by Crippen LogP contribution is -1.82. The number of nitrogens with zero attached hydrogens (tertiary/aromatic N) is 2. The summed E-state index contributed by atoms with van der Waals surface area (Å²) in [7, 11) is 0. The Hall–Kier alpha value is -1.26. The second-order valence-electron chi connectivity index (χ2n) is 3.77. The van der Waals surface area contributed by atoms with E-state index in [1.54, 1.807) is 11.3 Å². The summed E-state index contributed by atoms with van der Waals surface area (Å²) in [5.41, 5.74) is 0.987. The minimum atomic E-state index is 0.987. The average molecular weight is 305 g/mol. The van der Waals surface area contributed by atoms with Crippen LogP contribution >= 0.6 is 27.3 Å². The fourth-order valence-corrected chi connectivity index (χ4v) is 2.98. The molecule has 0 radical (unpaired) electrons. The van der Waals surface area contributed by atoms with Gasteiger partial charge in [0.25, 0.3) is 0 Å². The van der Waals surface area contributed by atoms with Crippen LogP contribution < -0.4 is 0 Å². The van der Waals surface area contributed by atoms with E-state index in [1.807, 2.05) is 31.5 Å². The highest BCUT2D eigenvalue weighted by atomic mass is 79.9. The van der Waals surface area contributed by atoms with Crippen LogP contribution in [0.5, 0.6) is 0 Å². The molecule has 3 rings (SSSR count). The Morgan fingerprint density at radius 2 is 2.06 bits per heavy atom. The zero-order valence-corrected chi connectivity index (χ0v) is 11.5. The minimum absolute atomic E-state index is 0.987. The minimum Gasteiger partial charge on any atom is -0.255 e. The Kier molecular flexibility index (Phi) is 2.68. The highest BCUT2D eigenvalue weighted by molar-refractivity contribution is 9.10. The van der Waals surface area contributed by atoms with Gasteiger partial charge in [0.1, 0.15) is 0 Å². The third kappa shape index (κ3) is 1.98. The summed E-state index contributed by atoms with van der Waals surface area (Å²) < 4.78 is 1.08. The molecule has 0 aliphatic rings. The van der Waals surface area contributed by atoms with Gasteiger partial charge in [0, 0.05) is 22.3 Å². The first-order chi connectivity index (χ1) is 8.24. The van der Waals surface area contributed by atoms with Gasteiger partial charge in [-0.05, 0) is 24.4 Å². The number of rotatable bonds is 1. The Morgan fingerprint density at radius 1 is 1.18 bits per heavy atom. The summed E-state index contributed by atoms with van der Waals surface area (Å²) in [6.07, 6.45) is 3.79. The third-order valence-corrected chi connectivity index (χ3v) is 4.21. The molecule has 0 spiro atoms. The van der Waals surface area contributed by atoms with Crippen molar-refractivity contribution in [3.63, 3.8) is 0 Å². The van der Waals surface area contributed by atoms with Gasteiger partial charge in [-0.25, -0.2) is 4.98 Å². The number of hydrogen-bond donors (Lipinski definition) is 0. The van der Waals surface area contributed by atoms with Gasteiger partial charge in [-0.1, -0.05) is 28.1 Å². The van der Waals surface area contributed by atoms with Crippen molar-refractivity contribution >= 4 is 38.0 Å². The van der Waals surface area contributed by atoms with Crippen LogP contribution in [-0.2, 0) is 0 Å². The van der Waals surface area contributed by atoms with E-state index in [2.05, 4.69) is 38.0 Å². The monoisotopic (exact) mass is 304 g/mol. The van der Waals surface area contributed by atoms with Crippen molar-refractivity contribution in [3.8, 4) is 10.6 Å². The molecule has 0 saturated heterocycles. The maximum atomic E-state index is 4.49. The summed E-state index contributed by atoms with van der Waals surface area (Å²) in [4.78, 5) is 9.87. The molecule has 3 aromatic rings. The third-order valence-electron chi connectivity index (χ3n) is 2.59. The molecule has 0 bridgehead atoms. The maximum Gasteiger partial charge on any atom is 0.0901 e. The van der Waals surface area contributed by atoms with E-state index in [0.29, 0.717) is 0 Å². The molecule has 17 heavy (non-hydrogen) atoms. The molecule has 0 N–H and O–H groups in total. The molecule has 0 fully saturated rings. The highest BCUT2D eigenvalue weighted by Gasteiger charge is 2.05. The number of halogens is 1. The first-order valence-corrected chi connectivity index (χ1v) is 6.82. The molecule has 84 valence electrons. The molecule has 1 aromatic carbocycles. The van der Waals surface area contributed by atoms with E-state index in [9.17, 15) is 0 Å². The van der Waals surface area contributed by atoms with Gasteiger partial charge >= 0.3 is 0 Å². The summed E-state index contributed by atoms with van der Waals surface area (Å²) >= 11 is 5.20. The number of pyridine rings is 1. The van der Waals surface area contributed by atoms with Crippen LogP contribution in [0.15, 0.2) is 41.1 Å². The Morgan fingerprint density at radius 3 is 2.82 bits per heavy atom. The van der Waals surface area contributed by atoms with Crippen LogP contribution in [0.3, 0.4) is 0 Å². The van der Waals surface area contributed by atoms with Crippen LogP contribution in [-0.4, -0.2) is 9.97 Å². The zero-order valence-electron chi connectivity index (χ0n) is 9.14. The number of fused-ring (bicyclic) bond motifs is 1. The van der Waals surface area contributed by atoms with Crippen molar-refractivity contribution in [2.24, 2.45) is 0 Å². The molecule has 2 aromatic heterocycles. The number of aryl methyl sites for hydroxylation is 1. The Balaban J connectivity index is 2.20. The van der Waals surface area contributed by atoms with E-state index in [0.717, 1.165) is 25.4 Å². The SMILES string of the molecule is Cc1ncc(-c2cc3cccc(Br)c3cn2)s1. The lowest BCUT2D eigenvalue weighted by atomic mass is 10.1. The maximum absolute atomic E-state index is 4.49. The molecule has 0 saturated carbocycles. The molecule has 0 atom stereocenters. The highest BCUT2D eigenvalue weighted by Crippen LogP contribution is 2.29. The smallest absolute Gasteiger partial charge is 0.0901 e. The van der Waals surface area contributed by atoms with Gasteiger partial charge in [-0.3, -0.25) is 4.98 Å². The van der Waals surface area contributed by atoms with Gasteiger partial charge in [0.2, 0.25) is 0 Å². The Bertz CT molecular complexity index is 691. The van der Waals surface area contributed by atoms with Crippen LogP contribution in [0.4, 0.5) is 0 Å². The largest absolute Gasteiger partial charge is 0.255 e. The van der Waals surface area contributed by atoms with Crippen molar-refractivity contribution in [2.75, 3.05) is 0 Å². The van der Waals surface area contributed by atoms with E-state index in [-0.39, 0.29) is 0 Å². The molecule has 2 heterocycles. The number of aromatic nitrogens is 2. The van der Waals surface area contributed by atoms with Crippen molar-refractivity contribution in [1.82, 2.24) is 9.97 Å². The van der Waals surface area contributed by atoms with Crippen LogP contribution in [0.1, 0.15) is 5.01 Å². The van der Waals surface area contributed by atoms with Crippen LogP contribution in [0.2, 0.25) is 0 Å². The fourth-order valence-electron chi connectivity index (χ4n) is 1.75. The van der Waals surface area contributed by atoms with E-state index in [1.165, 1.54) is 5.39 Å². The first-order valence-electron chi connectivity index (χ1n) is 5.21. The topological polar surface area (TPSA) is 25.8 Å². The average Bonchev–Trinajstić information content (AvgIpc) is 2.76. The predicted molar refractivity (Wildman–Crippen MR) is 75.3 cm³/mol. The summed E-state index contributed by atoms with van der Waals surface area (Å²) in [5, 5.41) is 3.39. The summed E-state index contributed by atoms with van der Waals surface area (Å²) in [6.45, 7) is 2.01. The number of hydrogen-bond acceptors (Lipinski definition) is 3. The Labute approximate surface area is 111 Å². The van der Waals surface area contributed by atoms with Crippen molar-refractivity contribution < 1.29 is 0 Å². The van der Waals surface area contributed by atoms with Crippen LogP contribution in [0, 0.1) is 6.92 Å². The second-order valence-corrected chi connectivity index (χ2v) is 5.86. The van der Waals surface area contributed by atoms with Gasteiger partial charge in [0.05, 0.1) is 15.6 Å². The lowest BCUT2D eigenvalue weighted by Gasteiger charge is -2.02. The molecule has 0 unspecified atom stereocenters. The molecule has 0 aliphatic heterocycles. The predicted octanol–water partition coefficient (Wildman–Crippen LogP) is 4.43. The van der Waals surface area contributed by atoms with E-state index in [4.69, 9.17) is 0 Å². The molecule has 4 heteroatoms. The fraction of sp³-hybridized carbons (Fsp3) is 0.0769. The molecule has 0 aliphatic carbocycles.